The van der Waals surface area contributed by atoms with Crippen molar-refractivity contribution in [2.24, 2.45) is 7.05 Å². The molecule has 92 valence electrons. The van der Waals surface area contributed by atoms with Crippen LogP contribution in [0.25, 0.3) is 0 Å². The number of hydrogen-bond acceptors (Lipinski definition) is 3. The Hall–Kier alpha value is -0.590. The first-order chi connectivity index (χ1) is 8.08. The Kier molecular flexibility index (Phi) is 4.06. The summed E-state index contributed by atoms with van der Waals surface area (Å²) < 4.78 is 8.72. The smallest absolute Gasteiger partial charge is 0.183 e. The first kappa shape index (κ1) is 12.9. The van der Waals surface area contributed by atoms with Gasteiger partial charge in [-0.15, -0.1) is 0 Å². The van der Waals surface area contributed by atoms with Crippen LogP contribution in [0.3, 0.4) is 0 Å². The molecule has 1 atom stereocenters. The number of aliphatic hydroxyl groups excluding tert-OH is 1. The Labute approximate surface area is 116 Å². The number of aryl methyl sites for hydroxylation is 2. The van der Waals surface area contributed by atoms with Gasteiger partial charge in [-0.05, 0) is 44.3 Å². The van der Waals surface area contributed by atoms with Gasteiger partial charge in [-0.25, -0.2) is 4.98 Å². The Balaban J connectivity index is 1.98. The molecule has 0 amide bonds. The molecule has 0 saturated carbocycles. The summed E-state index contributed by atoms with van der Waals surface area (Å²) in [5.74, 6) is 1.51. The number of halogens is 2. The van der Waals surface area contributed by atoms with Crippen molar-refractivity contribution in [1.29, 1.82) is 0 Å². The summed E-state index contributed by atoms with van der Waals surface area (Å²) in [7, 11) is 1.94. The molecule has 0 aromatic carbocycles. The van der Waals surface area contributed by atoms with Crippen LogP contribution in [-0.4, -0.2) is 14.7 Å². The molecular formula is C11H12Br2N2O2. The predicted molar refractivity (Wildman–Crippen MR) is 70.6 cm³/mol. The summed E-state index contributed by atoms with van der Waals surface area (Å²) in [5, 5.41) is 9.98. The SMILES string of the molecule is Cn1ccnc1CCC(O)c1cc(Br)c(Br)o1. The Morgan fingerprint density at radius 2 is 2.29 bits per heavy atom. The Bertz CT molecular complexity index is 488. The van der Waals surface area contributed by atoms with E-state index in [0.29, 0.717) is 23.3 Å². The lowest BCUT2D eigenvalue weighted by molar-refractivity contribution is 0.138. The lowest BCUT2D eigenvalue weighted by Crippen LogP contribution is -2.02. The minimum absolute atomic E-state index is 0.554. The second-order valence-corrected chi connectivity index (χ2v) is 5.35. The van der Waals surface area contributed by atoms with Gasteiger partial charge in [0.1, 0.15) is 17.7 Å². The molecule has 6 heteroatoms. The van der Waals surface area contributed by atoms with Gasteiger partial charge in [-0.3, -0.25) is 0 Å². The molecule has 2 heterocycles. The van der Waals surface area contributed by atoms with E-state index >= 15 is 0 Å². The monoisotopic (exact) mass is 362 g/mol. The van der Waals surface area contributed by atoms with Crippen LogP contribution in [0.4, 0.5) is 0 Å². The van der Waals surface area contributed by atoms with Gasteiger partial charge in [0.05, 0.1) is 4.47 Å². The molecule has 0 bridgehead atoms. The van der Waals surface area contributed by atoms with Crippen LogP contribution < -0.4 is 0 Å². The molecule has 0 aliphatic carbocycles. The molecule has 4 nitrogen and oxygen atoms in total. The highest BCUT2D eigenvalue weighted by atomic mass is 79.9. The van der Waals surface area contributed by atoms with Gasteiger partial charge in [-0.2, -0.15) is 0 Å². The van der Waals surface area contributed by atoms with Crippen molar-refractivity contribution in [2.45, 2.75) is 18.9 Å². The van der Waals surface area contributed by atoms with E-state index in [-0.39, 0.29) is 0 Å². The van der Waals surface area contributed by atoms with Gasteiger partial charge in [0, 0.05) is 25.9 Å². The van der Waals surface area contributed by atoms with Crippen LogP contribution in [0.1, 0.15) is 24.1 Å². The maximum Gasteiger partial charge on any atom is 0.183 e. The van der Waals surface area contributed by atoms with E-state index in [1.54, 1.807) is 12.3 Å². The van der Waals surface area contributed by atoms with Crippen molar-refractivity contribution >= 4 is 31.9 Å². The van der Waals surface area contributed by atoms with Crippen LogP contribution in [0.15, 0.2) is 32.0 Å². The van der Waals surface area contributed by atoms with Crippen LogP contribution in [0.2, 0.25) is 0 Å². The largest absolute Gasteiger partial charge is 0.450 e. The fourth-order valence-electron chi connectivity index (χ4n) is 1.57. The highest BCUT2D eigenvalue weighted by molar-refractivity contribution is 9.13. The van der Waals surface area contributed by atoms with Gasteiger partial charge in [0.15, 0.2) is 4.67 Å². The molecule has 0 spiro atoms. The van der Waals surface area contributed by atoms with Crippen molar-refractivity contribution in [1.82, 2.24) is 9.55 Å². The quantitative estimate of drug-likeness (QED) is 0.907. The zero-order valence-corrected chi connectivity index (χ0v) is 12.4. The number of aromatic nitrogens is 2. The van der Waals surface area contributed by atoms with Gasteiger partial charge in [0.25, 0.3) is 0 Å². The maximum atomic E-state index is 9.98. The van der Waals surface area contributed by atoms with Crippen molar-refractivity contribution in [2.75, 3.05) is 0 Å². The van der Waals surface area contributed by atoms with Gasteiger partial charge < -0.3 is 14.1 Å². The molecule has 0 saturated heterocycles. The average Bonchev–Trinajstić information content (AvgIpc) is 2.83. The first-order valence-electron chi connectivity index (χ1n) is 5.17. The minimum Gasteiger partial charge on any atom is -0.450 e. The van der Waals surface area contributed by atoms with E-state index in [0.717, 1.165) is 10.3 Å². The summed E-state index contributed by atoms with van der Waals surface area (Å²) in [6.45, 7) is 0. The molecule has 17 heavy (non-hydrogen) atoms. The molecule has 2 aromatic rings. The number of furan rings is 1. The van der Waals surface area contributed by atoms with E-state index in [4.69, 9.17) is 4.42 Å². The second-order valence-electron chi connectivity index (χ2n) is 3.78. The van der Waals surface area contributed by atoms with Crippen LogP contribution >= 0.6 is 31.9 Å². The van der Waals surface area contributed by atoms with E-state index in [2.05, 4.69) is 36.8 Å². The standard InChI is InChI=1S/C11H12Br2N2O2/c1-15-5-4-14-10(15)3-2-8(16)9-6-7(12)11(13)17-9/h4-6,8,16H,2-3H2,1H3. The summed E-state index contributed by atoms with van der Waals surface area (Å²) in [5.41, 5.74) is 0. The number of imidazole rings is 1. The summed E-state index contributed by atoms with van der Waals surface area (Å²) >= 11 is 6.56. The maximum absolute atomic E-state index is 9.98. The molecular weight excluding hydrogens is 352 g/mol. The number of rotatable bonds is 4. The topological polar surface area (TPSA) is 51.2 Å². The Morgan fingerprint density at radius 1 is 1.53 bits per heavy atom. The molecule has 2 aromatic heterocycles. The molecule has 0 aliphatic rings. The summed E-state index contributed by atoms with van der Waals surface area (Å²) in [4.78, 5) is 4.21. The summed E-state index contributed by atoms with van der Waals surface area (Å²) in [6, 6.07) is 1.77. The predicted octanol–water partition coefficient (Wildman–Crippen LogP) is 3.20. The van der Waals surface area contributed by atoms with E-state index in [1.807, 2.05) is 17.8 Å². The highest BCUT2D eigenvalue weighted by Crippen LogP contribution is 2.31. The average molecular weight is 364 g/mol. The third kappa shape index (κ3) is 3.00. The summed E-state index contributed by atoms with van der Waals surface area (Å²) in [6.07, 6.45) is 4.32. The number of nitrogens with zero attached hydrogens (tertiary/aromatic N) is 2. The molecule has 0 radical (unpaired) electrons. The third-order valence-electron chi connectivity index (χ3n) is 2.55. The Morgan fingerprint density at radius 3 is 2.82 bits per heavy atom. The molecule has 0 fully saturated rings. The number of aliphatic hydroxyl groups is 1. The van der Waals surface area contributed by atoms with Gasteiger partial charge >= 0.3 is 0 Å². The van der Waals surface area contributed by atoms with E-state index in [1.165, 1.54) is 0 Å². The van der Waals surface area contributed by atoms with Crippen molar-refractivity contribution in [3.63, 3.8) is 0 Å². The highest BCUT2D eigenvalue weighted by Gasteiger charge is 2.15. The van der Waals surface area contributed by atoms with Gasteiger partial charge in [-0.1, -0.05) is 0 Å². The fraction of sp³-hybridized carbons (Fsp3) is 0.364. The van der Waals surface area contributed by atoms with E-state index < -0.39 is 6.10 Å². The normalized spacial score (nSPS) is 12.9. The molecule has 1 N–H and O–H groups in total. The molecule has 1 unspecified atom stereocenters. The molecule has 0 aliphatic heterocycles. The zero-order valence-electron chi connectivity index (χ0n) is 9.23. The fourth-order valence-corrected chi connectivity index (χ4v) is 2.18. The van der Waals surface area contributed by atoms with Crippen molar-refractivity contribution < 1.29 is 9.52 Å². The lowest BCUT2D eigenvalue weighted by Gasteiger charge is -2.07. The molecule has 2 rings (SSSR count). The van der Waals surface area contributed by atoms with Crippen LogP contribution in [0, 0.1) is 0 Å². The minimum atomic E-state index is -0.616. The third-order valence-corrected chi connectivity index (χ3v) is 4.27. The van der Waals surface area contributed by atoms with Crippen LogP contribution in [0.5, 0.6) is 0 Å². The van der Waals surface area contributed by atoms with Crippen molar-refractivity contribution in [3.8, 4) is 0 Å². The van der Waals surface area contributed by atoms with E-state index in [9.17, 15) is 5.11 Å². The number of hydrogen-bond donors (Lipinski definition) is 1. The lowest BCUT2D eigenvalue weighted by atomic mass is 10.1. The first-order valence-corrected chi connectivity index (χ1v) is 6.75. The second kappa shape index (κ2) is 5.37. The zero-order chi connectivity index (χ0) is 12.4. The van der Waals surface area contributed by atoms with Crippen molar-refractivity contribution in [3.05, 3.63) is 39.2 Å². The van der Waals surface area contributed by atoms with Crippen LogP contribution in [-0.2, 0) is 13.5 Å². The van der Waals surface area contributed by atoms with Gasteiger partial charge in [0.2, 0.25) is 0 Å².